The molecule has 0 bridgehead atoms. The number of hydrogen-bond donors (Lipinski definition) is 2. The molecule has 0 atom stereocenters. The Morgan fingerprint density at radius 1 is 1.36 bits per heavy atom. The second-order valence-corrected chi connectivity index (χ2v) is 5.42. The average Bonchev–Trinajstić information content (AvgIpc) is 3.16. The Bertz CT molecular complexity index is 974. The number of amides is 1. The van der Waals surface area contributed by atoms with Gasteiger partial charge < -0.3 is 20.0 Å². The summed E-state index contributed by atoms with van der Waals surface area (Å²) in [4.78, 5) is 28.3. The molecule has 0 aliphatic carbocycles. The number of rotatable bonds is 4. The molecule has 3 aromatic rings. The Balaban J connectivity index is 2.29. The Morgan fingerprint density at radius 2 is 2.16 bits per heavy atom. The molecule has 25 heavy (non-hydrogen) atoms. The largest absolute Gasteiger partial charge is 0.463 e. The van der Waals surface area contributed by atoms with Crippen molar-refractivity contribution in [2.45, 2.75) is 13.5 Å². The molecule has 0 unspecified atom stereocenters. The molecule has 3 rings (SSSR count). The van der Waals surface area contributed by atoms with Gasteiger partial charge in [-0.3, -0.25) is 9.59 Å². The van der Waals surface area contributed by atoms with Crippen molar-refractivity contribution in [3.05, 3.63) is 58.7 Å². The molecule has 0 spiro atoms. The summed E-state index contributed by atoms with van der Waals surface area (Å²) < 4.78 is 7.04. The van der Waals surface area contributed by atoms with Gasteiger partial charge in [0.1, 0.15) is 11.5 Å². The van der Waals surface area contributed by atoms with Gasteiger partial charge in [-0.25, -0.2) is 4.98 Å². The fourth-order valence-corrected chi connectivity index (χ4v) is 2.60. The van der Waals surface area contributed by atoms with Gasteiger partial charge in [-0.05, 0) is 31.2 Å². The van der Waals surface area contributed by atoms with Crippen molar-refractivity contribution in [3.63, 3.8) is 0 Å². The van der Waals surface area contributed by atoms with Crippen molar-refractivity contribution in [2.24, 2.45) is 0 Å². The molecule has 0 saturated heterocycles. The highest BCUT2D eigenvalue weighted by Crippen LogP contribution is 2.33. The third kappa shape index (κ3) is 3.03. The number of nitrogen functional groups attached to an aromatic ring is 1. The van der Waals surface area contributed by atoms with Crippen LogP contribution in [0.2, 0.25) is 0 Å². The van der Waals surface area contributed by atoms with E-state index in [1.165, 1.54) is 19.4 Å². The van der Waals surface area contributed by atoms with E-state index in [4.69, 9.17) is 10.2 Å². The average molecular weight is 338 g/mol. The monoisotopic (exact) mass is 338 g/mol. The summed E-state index contributed by atoms with van der Waals surface area (Å²) in [5, 5.41) is 2.55. The van der Waals surface area contributed by atoms with Gasteiger partial charge in [0.15, 0.2) is 5.76 Å². The minimum absolute atomic E-state index is 0.0965. The van der Waals surface area contributed by atoms with Gasteiger partial charge in [0.25, 0.3) is 11.5 Å². The molecular formula is C18H18N4O3. The van der Waals surface area contributed by atoms with E-state index in [0.717, 1.165) is 5.56 Å². The number of aryl methyl sites for hydroxylation is 1. The molecular weight excluding hydrogens is 320 g/mol. The zero-order chi connectivity index (χ0) is 18.0. The number of carbonyl (C=O) groups excluding carboxylic acids is 1. The number of anilines is 1. The van der Waals surface area contributed by atoms with Gasteiger partial charge in [0.05, 0.1) is 11.8 Å². The van der Waals surface area contributed by atoms with E-state index in [1.807, 2.05) is 6.92 Å². The maximum Gasteiger partial charge on any atom is 0.254 e. The Morgan fingerprint density at radius 3 is 2.80 bits per heavy atom. The topological polar surface area (TPSA) is 103 Å². The van der Waals surface area contributed by atoms with E-state index < -0.39 is 0 Å². The van der Waals surface area contributed by atoms with Crippen molar-refractivity contribution in [1.82, 2.24) is 14.9 Å². The highest BCUT2D eigenvalue weighted by Gasteiger charge is 2.19. The van der Waals surface area contributed by atoms with Crippen LogP contribution in [0.15, 0.2) is 52.0 Å². The first kappa shape index (κ1) is 16.5. The third-order valence-electron chi connectivity index (χ3n) is 3.91. The molecule has 3 N–H and O–H groups in total. The van der Waals surface area contributed by atoms with Crippen LogP contribution in [-0.2, 0) is 6.54 Å². The Labute approximate surface area is 144 Å². The smallest absolute Gasteiger partial charge is 0.254 e. The number of pyridine rings is 2. The van der Waals surface area contributed by atoms with Crippen LogP contribution < -0.4 is 16.6 Å². The molecule has 3 aromatic heterocycles. The molecule has 0 fully saturated rings. The number of nitrogens with zero attached hydrogens (tertiary/aromatic N) is 2. The van der Waals surface area contributed by atoms with Crippen LogP contribution in [0.1, 0.15) is 17.3 Å². The van der Waals surface area contributed by atoms with E-state index in [9.17, 15) is 9.59 Å². The SMILES string of the molecule is CCn1cc(-c2cc(C(=O)NC)c(N)nc2-c2ccco2)ccc1=O. The van der Waals surface area contributed by atoms with Crippen LogP contribution in [-0.4, -0.2) is 22.5 Å². The van der Waals surface area contributed by atoms with Crippen molar-refractivity contribution in [3.8, 4) is 22.6 Å². The first-order chi connectivity index (χ1) is 12.0. The normalized spacial score (nSPS) is 10.6. The molecule has 1 amide bonds. The van der Waals surface area contributed by atoms with Crippen LogP contribution in [0, 0.1) is 0 Å². The summed E-state index contributed by atoms with van der Waals surface area (Å²) in [6, 6.07) is 8.36. The predicted molar refractivity (Wildman–Crippen MR) is 95.1 cm³/mol. The maximum atomic E-state index is 12.1. The first-order valence-corrected chi connectivity index (χ1v) is 7.82. The number of hydrogen-bond acceptors (Lipinski definition) is 5. The molecule has 3 heterocycles. The van der Waals surface area contributed by atoms with Crippen LogP contribution in [0.5, 0.6) is 0 Å². The van der Waals surface area contributed by atoms with Gasteiger partial charge in [-0.1, -0.05) is 0 Å². The summed E-state index contributed by atoms with van der Waals surface area (Å²) in [6.07, 6.45) is 3.27. The molecule has 0 saturated carbocycles. The minimum Gasteiger partial charge on any atom is -0.463 e. The van der Waals surface area contributed by atoms with Crippen molar-refractivity contribution >= 4 is 11.7 Å². The quantitative estimate of drug-likeness (QED) is 0.758. The molecule has 7 nitrogen and oxygen atoms in total. The Hall–Kier alpha value is -3.35. The molecule has 0 aliphatic rings. The standard InChI is InChI=1S/C18H18N4O3/c1-3-22-10-11(6-7-15(22)23)12-9-13(18(24)20-2)17(19)21-16(12)14-5-4-8-25-14/h4-10H,3H2,1-2H3,(H2,19,21)(H,20,24). The summed E-state index contributed by atoms with van der Waals surface area (Å²) in [6.45, 7) is 2.42. The predicted octanol–water partition coefficient (Wildman–Crippen LogP) is 2.13. The number of nitrogens with one attached hydrogen (secondary N) is 1. The zero-order valence-electron chi connectivity index (χ0n) is 13.9. The highest BCUT2D eigenvalue weighted by molar-refractivity contribution is 6.00. The van der Waals surface area contributed by atoms with Gasteiger partial charge in [0, 0.05) is 37.0 Å². The van der Waals surface area contributed by atoms with Crippen molar-refractivity contribution in [1.29, 1.82) is 0 Å². The molecule has 128 valence electrons. The molecule has 7 heteroatoms. The molecule has 0 radical (unpaired) electrons. The van der Waals surface area contributed by atoms with Crippen molar-refractivity contribution in [2.75, 3.05) is 12.8 Å². The highest BCUT2D eigenvalue weighted by atomic mass is 16.3. The summed E-state index contributed by atoms with van der Waals surface area (Å²) in [7, 11) is 1.53. The van der Waals surface area contributed by atoms with Gasteiger partial charge >= 0.3 is 0 Å². The first-order valence-electron chi connectivity index (χ1n) is 7.82. The van der Waals surface area contributed by atoms with E-state index >= 15 is 0 Å². The summed E-state index contributed by atoms with van der Waals surface area (Å²) in [5.74, 6) is 0.304. The van der Waals surface area contributed by atoms with Crippen LogP contribution in [0.3, 0.4) is 0 Å². The Kier molecular flexibility index (Phi) is 4.38. The van der Waals surface area contributed by atoms with Gasteiger partial charge in [-0.15, -0.1) is 0 Å². The van der Waals surface area contributed by atoms with E-state index in [1.54, 1.807) is 35.0 Å². The third-order valence-corrected chi connectivity index (χ3v) is 3.91. The lowest BCUT2D eigenvalue weighted by Crippen LogP contribution is -2.20. The molecule has 0 aromatic carbocycles. The summed E-state index contributed by atoms with van der Waals surface area (Å²) in [5.41, 5.74) is 8.04. The lowest BCUT2D eigenvalue weighted by Gasteiger charge is -2.13. The van der Waals surface area contributed by atoms with Gasteiger partial charge in [0.2, 0.25) is 0 Å². The lowest BCUT2D eigenvalue weighted by molar-refractivity contribution is 0.0963. The van der Waals surface area contributed by atoms with E-state index in [0.29, 0.717) is 23.6 Å². The number of aromatic nitrogens is 2. The van der Waals surface area contributed by atoms with Crippen LogP contribution in [0.4, 0.5) is 5.82 Å². The number of carbonyl (C=O) groups is 1. The van der Waals surface area contributed by atoms with Crippen molar-refractivity contribution < 1.29 is 9.21 Å². The fourth-order valence-electron chi connectivity index (χ4n) is 2.60. The lowest BCUT2D eigenvalue weighted by atomic mass is 10.0. The van der Waals surface area contributed by atoms with Crippen LogP contribution in [0.25, 0.3) is 22.6 Å². The summed E-state index contributed by atoms with van der Waals surface area (Å²) >= 11 is 0. The number of nitrogens with two attached hydrogens (primary N) is 1. The molecule has 0 aliphatic heterocycles. The fraction of sp³-hybridized carbons (Fsp3) is 0.167. The second kappa shape index (κ2) is 6.64. The van der Waals surface area contributed by atoms with E-state index in [-0.39, 0.29) is 22.8 Å². The second-order valence-electron chi connectivity index (χ2n) is 5.42. The maximum absolute atomic E-state index is 12.1. The minimum atomic E-state index is -0.332. The zero-order valence-corrected chi connectivity index (χ0v) is 13.9. The van der Waals surface area contributed by atoms with Gasteiger partial charge in [-0.2, -0.15) is 0 Å². The van der Waals surface area contributed by atoms with Crippen LogP contribution >= 0.6 is 0 Å². The number of furan rings is 1. The van der Waals surface area contributed by atoms with E-state index in [2.05, 4.69) is 10.3 Å².